The van der Waals surface area contributed by atoms with Crippen LogP contribution < -0.4 is 11.5 Å². The van der Waals surface area contributed by atoms with E-state index in [-0.39, 0.29) is 23.4 Å². The minimum absolute atomic E-state index is 0.113. The second-order valence-corrected chi connectivity index (χ2v) is 6.40. The van der Waals surface area contributed by atoms with E-state index in [2.05, 4.69) is 4.98 Å². The number of carbonyl (C=O) groups is 1. The standard InChI is InChI=1S/C21H18F3N3O/c1-11-7-13(17(23)9-16(11)22)20-19(24)14(21(26)28)8-18(27-20)15(10-25)12-5-3-2-4-6-12/h2-9,15H,10,25H2,1H3,(H2,26,28). The van der Waals surface area contributed by atoms with Crippen LogP contribution in [0.4, 0.5) is 13.2 Å². The van der Waals surface area contributed by atoms with Crippen LogP contribution in [0.5, 0.6) is 0 Å². The summed E-state index contributed by atoms with van der Waals surface area (Å²) in [4.78, 5) is 16.0. The van der Waals surface area contributed by atoms with E-state index >= 15 is 0 Å². The Morgan fingerprint density at radius 3 is 2.36 bits per heavy atom. The summed E-state index contributed by atoms with van der Waals surface area (Å²) in [6.07, 6.45) is 0. The average molecular weight is 385 g/mol. The molecule has 0 aliphatic heterocycles. The molecule has 0 aliphatic rings. The van der Waals surface area contributed by atoms with Crippen LogP contribution >= 0.6 is 0 Å². The lowest BCUT2D eigenvalue weighted by Gasteiger charge is -2.18. The van der Waals surface area contributed by atoms with Crippen LogP contribution in [0.1, 0.15) is 33.1 Å². The number of nitrogens with two attached hydrogens (primary N) is 2. The normalized spacial score (nSPS) is 12.0. The maximum absolute atomic E-state index is 14.9. The van der Waals surface area contributed by atoms with Gasteiger partial charge < -0.3 is 11.5 Å². The lowest BCUT2D eigenvalue weighted by atomic mass is 9.93. The van der Waals surface area contributed by atoms with Crippen LogP contribution in [-0.2, 0) is 0 Å². The molecule has 1 atom stereocenters. The highest BCUT2D eigenvalue weighted by Gasteiger charge is 2.24. The molecule has 28 heavy (non-hydrogen) atoms. The molecule has 0 fully saturated rings. The quantitative estimate of drug-likeness (QED) is 0.703. The molecule has 0 spiro atoms. The summed E-state index contributed by atoms with van der Waals surface area (Å²) < 4.78 is 42.9. The van der Waals surface area contributed by atoms with Gasteiger partial charge in [-0.25, -0.2) is 18.2 Å². The van der Waals surface area contributed by atoms with E-state index < -0.39 is 40.5 Å². The summed E-state index contributed by atoms with van der Waals surface area (Å²) in [5.74, 6) is -4.32. The fourth-order valence-corrected chi connectivity index (χ4v) is 3.04. The van der Waals surface area contributed by atoms with Crippen LogP contribution in [0.3, 0.4) is 0 Å². The molecule has 144 valence electrons. The van der Waals surface area contributed by atoms with Gasteiger partial charge in [-0.2, -0.15) is 0 Å². The van der Waals surface area contributed by atoms with Gasteiger partial charge in [-0.1, -0.05) is 30.3 Å². The third-order valence-corrected chi connectivity index (χ3v) is 4.54. The van der Waals surface area contributed by atoms with Crippen molar-refractivity contribution in [1.29, 1.82) is 0 Å². The van der Waals surface area contributed by atoms with Crippen molar-refractivity contribution in [3.8, 4) is 11.3 Å². The molecule has 1 heterocycles. The number of carbonyl (C=O) groups excluding carboxylic acids is 1. The topological polar surface area (TPSA) is 82.0 Å². The van der Waals surface area contributed by atoms with Crippen molar-refractivity contribution in [1.82, 2.24) is 4.98 Å². The molecule has 0 saturated carbocycles. The summed E-state index contributed by atoms with van der Waals surface area (Å²) in [6.45, 7) is 1.53. The molecule has 0 saturated heterocycles. The van der Waals surface area contributed by atoms with Gasteiger partial charge in [-0.15, -0.1) is 0 Å². The number of halogens is 3. The molecule has 0 aliphatic carbocycles. The molecule has 3 aromatic rings. The highest BCUT2D eigenvalue weighted by molar-refractivity contribution is 5.94. The predicted octanol–water partition coefficient (Wildman–Crippen LogP) is 3.66. The van der Waals surface area contributed by atoms with Gasteiger partial charge in [-0.05, 0) is 30.2 Å². The molecular formula is C21H18F3N3O. The molecule has 3 rings (SSSR count). The minimum atomic E-state index is -1.06. The summed E-state index contributed by atoms with van der Waals surface area (Å²) in [7, 11) is 0. The van der Waals surface area contributed by atoms with Crippen LogP contribution in [0.2, 0.25) is 0 Å². The fourth-order valence-electron chi connectivity index (χ4n) is 3.04. The van der Waals surface area contributed by atoms with Crippen LogP contribution in [-0.4, -0.2) is 17.4 Å². The summed E-state index contributed by atoms with van der Waals surface area (Å²) in [5, 5.41) is 0. The maximum atomic E-state index is 14.9. The van der Waals surface area contributed by atoms with Gasteiger partial charge in [0.15, 0.2) is 5.82 Å². The van der Waals surface area contributed by atoms with E-state index in [0.717, 1.165) is 11.6 Å². The Labute approximate surface area is 160 Å². The average Bonchev–Trinajstić information content (AvgIpc) is 2.67. The maximum Gasteiger partial charge on any atom is 0.251 e. The van der Waals surface area contributed by atoms with Gasteiger partial charge in [0.2, 0.25) is 0 Å². The molecule has 7 heteroatoms. The van der Waals surface area contributed by atoms with E-state index in [4.69, 9.17) is 11.5 Å². The highest BCUT2D eigenvalue weighted by Crippen LogP contribution is 2.31. The van der Waals surface area contributed by atoms with Crippen molar-refractivity contribution >= 4 is 5.91 Å². The van der Waals surface area contributed by atoms with E-state index in [1.54, 1.807) is 12.1 Å². The number of amides is 1. The number of hydrogen-bond acceptors (Lipinski definition) is 3. The zero-order valence-electron chi connectivity index (χ0n) is 15.0. The lowest BCUT2D eigenvalue weighted by Crippen LogP contribution is -2.20. The zero-order chi connectivity index (χ0) is 20.4. The largest absolute Gasteiger partial charge is 0.366 e. The molecule has 0 bridgehead atoms. The SMILES string of the molecule is Cc1cc(-c2nc(C(CN)c3ccccc3)cc(C(N)=O)c2F)c(F)cc1F. The molecule has 1 unspecified atom stereocenters. The van der Waals surface area contributed by atoms with Crippen molar-refractivity contribution in [2.75, 3.05) is 6.54 Å². The molecule has 2 aromatic carbocycles. The minimum Gasteiger partial charge on any atom is -0.366 e. The second-order valence-electron chi connectivity index (χ2n) is 6.40. The number of aryl methyl sites for hydroxylation is 1. The highest BCUT2D eigenvalue weighted by atomic mass is 19.1. The summed E-state index contributed by atoms with van der Waals surface area (Å²) >= 11 is 0. The van der Waals surface area contributed by atoms with Crippen molar-refractivity contribution in [3.63, 3.8) is 0 Å². The van der Waals surface area contributed by atoms with Gasteiger partial charge in [0.25, 0.3) is 5.91 Å². The number of pyridine rings is 1. The fraction of sp³-hybridized carbons (Fsp3) is 0.143. The first-order chi connectivity index (χ1) is 13.3. The Bertz CT molecular complexity index is 1040. The number of hydrogen-bond donors (Lipinski definition) is 2. The zero-order valence-corrected chi connectivity index (χ0v) is 15.0. The van der Waals surface area contributed by atoms with Crippen molar-refractivity contribution in [2.24, 2.45) is 11.5 Å². The van der Waals surface area contributed by atoms with E-state index in [9.17, 15) is 18.0 Å². The second kappa shape index (κ2) is 7.82. The third kappa shape index (κ3) is 3.61. The smallest absolute Gasteiger partial charge is 0.251 e. The van der Waals surface area contributed by atoms with E-state index in [1.165, 1.54) is 13.0 Å². The number of aromatic nitrogens is 1. The number of nitrogens with zero attached hydrogens (tertiary/aromatic N) is 1. The lowest BCUT2D eigenvalue weighted by molar-refractivity contribution is 0.0996. The van der Waals surface area contributed by atoms with Gasteiger partial charge in [0.1, 0.15) is 17.3 Å². The van der Waals surface area contributed by atoms with Gasteiger partial charge in [0, 0.05) is 24.1 Å². The first kappa shape index (κ1) is 19.6. The molecule has 1 amide bonds. The Hall–Kier alpha value is -3.19. The van der Waals surface area contributed by atoms with Crippen molar-refractivity contribution < 1.29 is 18.0 Å². The van der Waals surface area contributed by atoms with Gasteiger partial charge in [-0.3, -0.25) is 4.79 Å². The van der Waals surface area contributed by atoms with Crippen LogP contribution in [0.15, 0.2) is 48.5 Å². The molecule has 4 nitrogen and oxygen atoms in total. The Morgan fingerprint density at radius 1 is 1.07 bits per heavy atom. The predicted molar refractivity (Wildman–Crippen MR) is 100 cm³/mol. The van der Waals surface area contributed by atoms with Crippen molar-refractivity contribution in [3.05, 3.63) is 88.4 Å². The van der Waals surface area contributed by atoms with E-state index in [1.807, 2.05) is 18.2 Å². The van der Waals surface area contributed by atoms with Crippen molar-refractivity contribution in [2.45, 2.75) is 12.8 Å². The number of primary amides is 1. The Morgan fingerprint density at radius 2 is 1.75 bits per heavy atom. The first-order valence-corrected chi connectivity index (χ1v) is 8.54. The Balaban J connectivity index is 2.27. The molecule has 4 N–H and O–H groups in total. The molecule has 1 aromatic heterocycles. The van der Waals surface area contributed by atoms with Crippen LogP contribution in [0, 0.1) is 24.4 Å². The third-order valence-electron chi connectivity index (χ3n) is 4.54. The number of rotatable bonds is 5. The van der Waals surface area contributed by atoms with Gasteiger partial charge >= 0.3 is 0 Å². The molecule has 0 radical (unpaired) electrons. The number of benzene rings is 2. The van der Waals surface area contributed by atoms with Gasteiger partial charge in [0.05, 0.1) is 11.3 Å². The first-order valence-electron chi connectivity index (χ1n) is 8.54. The molecular weight excluding hydrogens is 367 g/mol. The summed E-state index contributed by atoms with van der Waals surface area (Å²) in [5.41, 5.74) is 11.3. The van der Waals surface area contributed by atoms with E-state index in [0.29, 0.717) is 6.07 Å². The Kier molecular flexibility index (Phi) is 5.46. The van der Waals surface area contributed by atoms with Crippen LogP contribution in [0.25, 0.3) is 11.3 Å². The summed E-state index contributed by atoms with van der Waals surface area (Å²) in [6, 6.07) is 12.1. The monoisotopic (exact) mass is 385 g/mol.